The zero-order valence-electron chi connectivity index (χ0n) is 11.4. The van der Waals surface area contributed by atoms with Crippen LogP contribution < -0.4 is 5.32 Å². The fraction of sp³-hybridized carbons (Fsp3) is 0.714. The van der Waals surface area contributed by atoms with E-state index in [0.717, 1.165) is 32.1 Å². The molecule has 5 heteroatoms. The van der Waals surface area contributed by atoms with Crippen molar-refractivity contribution in [1.29, 1.82) is 0 Å². The van der Waals surface area contributed by atoms with Crippen molar-refractivity contribution in [2.24, 2.45) is 0 Å². The van der Waals surface area contributed by atoms with Crippen LogP contribution in [0.3, 0.4) is 0 Å². The molecule has 1 saturated heterocycles. The normalized spacial score (nSPS) is 26.4. The van der Waals surface area contributed by atoms with Crippen molar-refractivity contribution in [2.45, 2.75) is 57.0 Å². The molecular formula is C14H21ClN2O2. The molecular weight excluding hydrogens is 264 g/mol. The summed E-state index contributed by atoms with van der Waals surface area (Å²) in [7, 11) is 0. The fourth-order valence-corrected chi connectivity index (χ4v) is 3.33. The van der Waals surface area contributed by atoms with Gasteiger partial charge in [0.05, 0.1) is 6.54 Å². The van der Waals surface area contributed by atoms with Gasteiger partial charge in [0.2, 0.25) is 11.8 Å². The average Bonchev–Trinajstić information content (AvgIpc) is 2.37. The highest BCUT2D eigenvalue weighted by atomic mass is 35.5. The Balaban J connectivity index is 2.28. The molecule has 4 nitrogen and oxygen atoms in total. The Labute approximate surface area is 119 Å². The quantitative estimate of drug-likeness (QED) is 0.863. The van der Waals surface area contributed by atoms with E-state index in [0.29, 0.717) is 11.5 Å². The van der Waals surface area contributed by atoms with Gasteiger partial charge in [0.15, 0.2) is 0 Å². The molecule has 2 aliphatic rings. The van der Waals surface area contributed by atoms with Crippen molar-refractivity contribution in [3.8, 4) is 0 Å². The summed E-state index contributed by atoms with van der Waals surface area (Å²) in [5.41, 5.74) is -0.687. The molecule has 1 saturated carbocycles. The highest BCUT2D eigenvalue weighted by Crippen LogP contribution is 2.34. The molecule has 0 aromatic carbocycles. The first-order valence-electron chi connectivity index (χ1n) is 6.96. The van der Waals surface area contributed by atoms with Crippen LogP contribution in [0.25, 0.3) is 0 Å². The number of hydrogen-bond donors (Lipinski definition) is 1. The first-order valence-corrected chi connectivity index (χ1v) is 7.34. The van der Waals surface area contributed by atoms with Crippen molar-refractivity contribution >= 4 is 23.4 Å². The average molecular weight is 285 g/mol. The molecule has 0 aromatic rings. The van der Waals surface area contributed by atoms with Crippen LogP contribution in [0.15, 0.2) is 11.6 Å². The number of nitrogens with one attached hydrogen (secondary N) is 1. The molecule has 1 N–H and O–H groups in total. The highest BCUT2D eigenvalue weighted by molar-refractivity contribution is 6.29. The Morgan fingerprint density at radius 1 is 1.42 bits per heavy atom. The SMILES string of the molecule is C=C(Cl)CN1C(=O)C2(CCCCC2)NC(=O)C1CC. The lowest BCUT2D eigenvalue weighted by atomic mass is 9.78. The summed E-state index contributed by atoms with van der Waals surface area (Å²) in [6.07, 6.45) is 5.16. The van der Waals surface area contributed by atoms with Gasteiger partial charge in [-0.2, -0.15) is 0 Å². The summed E-state index contributed by atoms with van der Waals surface area (Å²) in [6.45, 7) is 5.81. The van der Waals surface area contributed by atoms with E-state index in [1.54, 1.807) is 4.90 Å². The van der Waals surface area contributed by atoms with Crippen molar-refractivity contribution in [3.05, 3.63) is 11.6 Å². The van der Waals surface area contributed by atoms with Crippen molar-refractivity contribution in [3.63, 3.8) is 0 Å². The van der Waals surface area contributed by atoms with Gasteiger partial charge in [-0.15, -0.1) is 0 Å². The van der Waals surface area contributed by atoms with E-state index in [1.165, 1.54) is 0 Å². The lowest BCUT2D eigenvalue weighted by Crippen LogP contribution is -2.70. The summed E-state index contributed by atoms with van der Waals surface area (Å²) in [4.78, 5) is 26.6. The topological polar surface area (TPSA) is 49.4 Å². The molecule has 19 heavy (non-hydrogen) atoms. The van der Waals surface area contributed by atoms with Gasteiger partial charge in [-0.1, -0.05) is 44.4 Å². The number of amides is 2. The fourth-order valence-electron chi connectivity index (χ4n) is 3.20. The van der Waals surface area contributed by atoms with Gasteiger partial charge >= 0.3 is 0 Å². The monoisotopic (exact) mass is 284 g/mol. The molecule has 1 aliphatic heterocycles. The summed E-state index contributed by atoms with van der Waals surface area (Å²) >= 11 is 5.85. The maximum atomic E-state index is 12.8. The summed E-state index contributed by atoms with van der Waals surface area (Å²) in [5.74, 6) is -0.0395. The Morgan fingerprint density at radius 2 is 2.05 bits per heavy atom. The summed E-state index contributed by atoms with van der Waals surface area (Å²) in [5, 5.41) is 3.38. The van der Waals surface area contributed by atoms with Crippen molar-refractivity contribution < 1.29 is 9.59 Å². The second-order valence-electron chi connectivity index (χ2n) is 5.51. The number of piperazine rings is 1. The van der Waals surface area contributed by atoms with Crippen LogP contribution in [-0.4, -0.2) is 34.8 Å². The molecule has 2 rings (SSSR count). The van der Waals surface area contributed by atoms with E-state index in [-0.39, 0.29) is 18.4 Å². The predicted molar refractivity (Wildman–Crippen MR) is 74.7 cm³/mol. The minimum atomic E-state index is -0.687. The maximum Gasteiger partial charge on any atom is 0.249 e. The third kappa shape index (κ3) is 2.64. The van der Waals surface area contributed by atoms with Gasteiger partial charge in [-0.3, -0.25) is 9.59 Å². The minimum Gasteiger partial charge on any atom is -0.340 e. The molecule has 0 bridgehead atoms. The van der Waals surface area contributed by atoms with Gasteiger partial charge in [0.1, 0.15) is 11.6 Å². The van der Waals surface area contributed by atoms with E-state index in [1.807, 2.05) is 6.92 Å². The van der Waals surface area contributed by atoms with Crippen LogP contribution in [0.2, 0.25) is 0 Å². The van der Waals surface area contributed by atoms with Gasteiger partial charge in [0.25, 0.3) is 0 Å². The molecule has 1 atom stereocenters. The molecule has 1 spiro atoms. The predicted octanol–water partition coefficient (Wildman–Crippen LogP) is 2.18. The Hall–Kier alpha value is -1.03. The third-order valence-corrected chi connectivity index (χ3v) is 4.27. The molecule has 1 heterocycles. The lowest BCUT2D eigenvalue weighted by Gasteiger charge is -2.47. The molecule has 0 radical (unpaired) electrons. The molecule has 106 valence electrons. The summed E-state index contributed by atoms with van der Waals surface area (Å²) in [6, 6.07) is -0.421. The Morgan fingerprint density at radius 3 is 2.58 bits per heavy atom. The smallest absolute Gasteiger partial charge is 0.249 e. The van der Waals surface area contributed by atoms with E-state index in [2.05, 4.69) is 11.9 Å². The zero-order valence-corrected chi connectivity index (χ0v) is 12.1. The molecule has 0 aromatic heterocycles. The second kappa shape index (κ2) is 5.53. The van der Waals surface area contributed by atoms with Crippen LogP contribution >= 0.6 is 11.6 Å². The second-order valence-corrected chi connectivity index (χ2v) is 6.04. The Bertz CT molecular complexity index is 402. The first kappa shape index (κ1) is 14.4. The molecule has 1 aliphatic carbocycles. The van der Waals surface area contributed by atoms with E-state index in [9.17, 15) is 9.59 Å². The van der Waals surface area contributed by atoms with Gasteiger partial charge in [-0.25, -0.2) is 0 Å². The van der Waals surface area contributed by atoms with Crippen LogP contribution in [0, 0.1) is 0 Å². The maximum absolute atomic E-state index is 12.8. The van der Waals surface area contributed by atoms with Gasteiger partial charge in [0, 0.05) is 5.03 Å². The van der Waals surface area contributed by atoms with Gasteiger partial charge < -0.3 is 10.2 Å². The number of hydrogen-bond acceptors (Lipinski definition) is 2. The number of nitrogens with zero attached hydrogens (tertiary/aromatic N) is 1. The van der Waals surface area contributed by atoms with Crippen LogP contribution in [-0.2, 0) is 9.59 Å². The molecule has 1 unspecified atom stereocenters. The molecule has 2 amide bonds. The van der Waals surface area contributed by atoms with Gasteiger partial charge in [-0.05, 0) is 19.3 Å². The third-order valence-electron chi connectivity index (χ3n) is 4.15. The van der Waals surface area contributed by atoms with E-state index >= 15 is 0 Å². The van der Waals surface area contributed by atoms with Crippen molar-refractivity contribution in [1.82, 2.24) is 10.2 Å². The van der Waals surface area contributed by atoms with E-state index in [4.69, 9.17) is 11.6 Å². The standard InChI is InChI=1S/C14H21ClN2O2/c1-3-11-12(18)16-14(7-5-4-6-8-14)13(19)17(11)9-10(2)15/h11H,2-9H2,1H3,(H,16,18). The summed E-state index contributed by atoms with van der Waals surface area (Å²) < 4.78 is 0. The number of rotatable bonds is 3. The lowest BCUT2D eigenvalue weighted by molar-refractivity contribution is -0.156. The zero-order chi connectivity index (χ0) is 14.0. The van der Waals surface area contributed by atoms with Crippen LogP contribution in [0.1, 0.15) is 45.4 Å². The van der Waals surface area contributed by atoms with E-state index < -0.39 is 11.6 Å². The minimum absolute atomic E-state index is 0.0143. The first-order chi connectivity index (χ1) is 9.00. The van der Waals surface area contributed by atoms with Crippen molar-refractivity contribution in [2.75, 3.05) is 6.54 Å². The Kier molecular flexibility index (Phi) is 4.19. The highest BCUT2D eigenvalue weighted by Gasteiger charge is 2.50. The van der Waals surface area contributed by atoms with Crippen LogP contribution in [0.4, 0.5) is 0 Å². The number of carbonyl (C=O) groups excluding carboxylic acids is 2. The number of carbonyl (C=O) groups is 2. The molecule has 2 fully saturated rings. The van der Waals surface area contributed by atoms with Crippen LogP contribution in [0.5, 0.6) is 0 Å². The number of halogens is 1. The largest absolute Gasteiger partial charge is 0.340 e.